The molecule has 2 fully saturated rings. The lowest BCUT2D eigenvalue weighted by atomic mass is 9.48. The van der Waals surface area contributed by atoms with Crippen molar-refractivity contribution in [2.24, 2.45) is 34.5 Å². The van der Waals surface area contributed by atoms with E-state index >= 15 is 0 Å². The first kappa shape index (κ1) is 16.9. The second-order valence-corrected chi connectivity index (χ2v) is 8.91. The maximum atomic E-state index is 13.3. The number of hydrogen-bond acceptors (Lipinski definition) is 4. The van der Waals surface area contributed by atoms with Crippen LogP contribution in [0.25, 0.3) is 0 Å². The summed E-state index contributed by atoms with van der Waals surface area (Å²) >= 11 is 0. The van der Waals surface area contributed by atoms with E-state index in [0.29, 0.717) is 18.8 Å². The topological polar surface area (TPSA) is 71.4 Å². The third kappa shape index (κ3) is 2.19. The minimum absolute atomic E-state index is 0.0853. The summed E-state index contributed by atoms with van der Waals surface area (Å²) in [6.07, 6.45) is 9.27. The second kappa shape index (κ2) is 5.47. The Morgan fingerprint density at radius 1 is 1.28 bits per heavy atom. The maximum absolute atomic E-state index is 13.3. The zero-order chi connectivity index (χ0) is 18.0. The Labute approximate surface area is 148 Å². The summed E-state index contributed by atoms with van der Waals surface area (Å²) in [5, 5.41) is 9.33. The number of ketones is 3. The van der Waals surface area contributed by atoms with E-state index in [2.05, 4.69) is 26.0 Å². The van der Waals surface area contributed by atoms with Gasteiger partial charge < -0.3 is 5.11 Å². The molecule has 4 aliphatic carbocycles. The monoisotopic (exact) mass is 342 g/mol. The Morgan fingerprint density at radius 3 is 2.76 bits per heavy atom. The number of hydrogen-bond donors (Lipinski definition) is 1. The average molecular weight is 342 g/mol. The summed E-state index contributed by atoms with van der Waals surface area (Å²) < 4.78 is 0. The molecule has 0 amide bonds. The predicted octanol–water partition coefficient (Wildman–Crippen LogP) is 2.65. The first-order valence-corrected chi connectivity index (χ1v) is 9.41. The van der Waals surface area contributed by atoms with Crippen molar-refractivity contribution in [3.8, 4) is 0 Å². The van der Waals surface area contributed by atoms with Gasteiger partial charge in [0.25, 0.3) is 0 Å². The molecule has 4 aliphatic rings. The number of carbonyl (C=O) groups is 3. The zero-order valence-electron chi connectivity index (χ0n) is 15.0. The molecule has 25 heavy (non-hydrogen) atoms. The van der Waals surface area contributed by atoms with Gasteiger partial charge in [0.05, 0.1) is 0 Å². The van der Waals surface area contributed by atoms with Crippen LogP contribution in [0.5, 0.6) is 0 Å². The molecule has 0 aromatic heterocycles. The standard InChI is InChI=1S/C21H26O4/c1-20-8-7-13(23)9-12(20)3-4-14-15-5-6-16(18(25)11-22)21(15,2)10-17(24)19(14)20/h3-4,9,14-16,19,22H,5-8,10-11H2,1-2H3/t14-,15-,16+,19+,20-,21-/m0/s1. The summed E-state index contributed by atoms with van der Waals surface area (Å²) in [4.78, 5) is 37.3. The molecule has 0 aliphatic heterocycles. The van der Waals surface area contributed by atoms with Gasteiger partial charge in [-0.25, -0.2) is 0 Å². The highest BCUT2D eigenvalue weighted by atomic mass is 16.3. The van der Waals surface area contributed by atoms with E-state index < -0.39 is 6.61 Å². The summed E-state index contributed by atoms with van der Waals surface area (Å²) in [6, 6.07) is 0. The molecule has 0 aromatic carbocycles. The lowest BCUT2D eigenvalue weighted by molar-refractivity contribution is -0.144. The minimum atomic E-state index is -0.433. The molecular weight excluding hydrogens is 316 g/mol. The van der Waals surface area contributed by atoms with Gasteiger partial charge in [0, 0.05) is 30.1 Å². The van der Waals surface area contributed by atoms with Crippen LogP contribution >= 0.6 is 0 Å². The predicted molar refractivity (Wildman–Crippen MR) is 92.6 cm³/mol. The van der Waals surface area contributed by atoms with Crippen LogP contribution in [0.15, 0.2) is 23.8 Å². The van der Waals surface area contributed by atoms with Crippen molar-refractivity contribution in [1.82, 2.24) is 0 Å². The van der Waals surface area contributed by atoms with Gasteiger partial charge in [-0.15, -0.1) is 0 Å². The average Bonchev–Trinajstić information content (AvgIpc) is 2.91. The van der Waals surface area contributed by atoms with E-state index in [1.807, 2.05) is 0 Å². The fourth-order valence-corrected chi connectivity index (χ4v) is 6.47. The number of aliphatic hydroxyl groups is 1. The Morgan fingerprint density at radius 2 is 2.04 bits per heavy atom. The smallest absolute Gasteiger partial charge is 0.161 e. The molecule has 0 heterocycles. The molecule has 4 heteroatoms. The van der Waals surface area contributed by atoms with Crippen molar-refractivity contribution in [2.45, 2.75) is 46.0 Å². The van der Waals surface area contributed by atoms with Crippen molar-refractivity contribution in [1.29, 1.82) is 0 Å². The van der Waals surface area contributed by atoms with Gasteiger partial charge in [-0.3, -0.25) is 14.4 Å². The fourth-order valence-electron chi connectivity index (χ4n) is 6.47. The number of allylic oxidation sites excluding steroid dienone is 4. The number of fused-ring (bicyclic) bond motifs is 5. The molecular formula is C21H26O4. The van der Waals surface area contributed by atoms with E-state index in [4.69, 9.17) is 0 Å². The molecule has 6 atom stereocenters. The van der Waals surface area contributed by atoms with Gasteiger partial charge in [-0.2, -0.15) is 0 Å². The van der Waals surface area contributed by atoms with Crippen LogP contribution < -0.4 is 0 Å². The highest BCUT2D eigenvalue weighted by molar-refractivity contribution is 5.94. The van der Waals surface area contributed by atoms with Crippen molar-refractivity contribution >= 4 is 17.3 Å². The summed E-state index contributed by atoms with van der Waals surface area (Å²) in [7, 11) is 0. The molecule has 4 nitrogen and oxygen atoms in total. The van der Waals surface area contributed by atoms with E-state index in [1.165, 1.54) is 0 Å². The van der Waals surface area contributed by atoms with Gasteiger partial charge in [0.15, 0.2) is 11.6 Å². The van der Waals surface area contributed by atoms with Crippen LogP contribution in [0, 0.1) is 34.5 Å². The maximum Gasteiger partial charge on any atom is 0.161 e. The van der Waals surface area contributed by atoms with Crippen molar-refractivity contribution < 1.29 is 19.5 Å². The SMILES string of the molecule is C[C@]12CC(=O)[C@H]3[C@@H](C=CC4=CC(=O)CC[C@@]43C)[C@@H]1CC[C@@H]2C(=O)CO. The Balaban J connectivity index is 1.76. The summed E-state index contributed by atoms with van der Waals surface area (Å²) in [5.41, 5.74) is 0.401. The number of aliphatic hydroxyl groups excluding tert-OH is 1. The zero-order valence-corrected chi connectivity index (χ0v) is 15.0. The molecule has 0 bridgehead atoms. The van der Waals surface area contributed by atoms with Gasteiger partial charge in [0.1, 0.15) is 12.4 Å². The molecule has 4 rings (SSSR count). The van der Waals surface area contributed by atoms with Crippen molar-refractivity contribution in [3.05, 3.63) is 23.8 Å². The van der Waals surface area contributed by atoms with Crippen LogP contribution in [0.1, 0.15) is 46.0 Å². The minimum Gasteiger partial charge on any atom is -0.389 e. The summed E-state index contributed by atoms with van der Waals surface area (Å²) in [5.74, 6) is 0.398. The van der Waals surface area contributed by atoms with E-state index in [-0.39, 0.29) is 45.9 Å². The molecule has 134 valence electrons. The lowest BCUT2D eigenvalue weighted by Crippen LogP contribution is -2.54. The second-order valence-electron chi connectivity index (χ2n) is 8.91. The molecule has 1 N–H and O–H groups in total. The van der Waals surface area contributed by atoms with E-state index in [0.717, 1.165) is 24.8 Å². The van der Waals surface area contributed by atoms with Crippen LogP contribution in [0.4, 0.5) is 0 Å². The Hall–Kier alpha value is -1.55. The third-order valence-corrected chi connectivity index (χ3v) is 7.76. The highest BCUT2D eigenvalue weighted by Gasteiger charge is 2.62. The van der Waals surface area contributed by atoms with Gasteiger partial charge in [-0.1, -0.05) is 26.0 Å². The first-order chi connectivity index (χ1) is 11.8. The number of Topliss-reactive ketones (excluding diaryl/α,β-unsaturated/α-hetero) is 2. The Kier molecular flexibility index (Phi) is 3.70. The fraction of sp³-hybridized carbons (Fsp3) is 0.667. The van der Waals surface area contributed by atoms with Gasteiger partial charge in [-0.05, 0) is 48.2 Å². The van der Waals surface area contributed by atoms with Gasteiger partial charge >= 0.3 is 0 Å². The van der Waals surface area contributed by atoms with Crippen LogP contribution in [0.3, 0.4) is 0 Å². The largest absolute Gasteiger partial charge is 0.389 e. The first-order valence-electron chi connectivity index (χ1n) is 9.41. The third-order valence-electron chi connectivity index (χ3n) is 7.76. The van der Waals surface area contributed by atoms with Crippen LogP contribution in [-0.2, 0) is 14.4 Å². The molecule has 0 saturated heterocycles. The molecule has 0 aromatic rings. The number of rotatable bonds is 2. The highest BCUT2D eigenvalue weighted by Crippen LogP contribution is 2.64. The molecule has 0 radical (unpaired) electrons. The van der Waals surface area contributed by atoms with E-state index in [1.54, 1.807) is 6.08 Å². The van der Waals surface area contributed by atoms with Gasteiger partial charge in [0.2, 0.25) is 0 Å². The molecule has 0 unspecified atom stereocenters. The van der Waals surface area contributed by atoms with Crippen molar-refractivity contribution in [3.63, 3.8) is 0 Å². The number of carbonyl (C=O) groups excluding carboxylic acids is 3. The quantitative estimate of drug-likeness (QED) is 0.837. The van der Waals surface area contributed by atoms with Crippen molar-refractivity contribution in [2.75, 3.05) is 6.61 Å². The normalized spacial score (nSPS) is 45.5. The van der Waals surface area contributed by atoms with Crippen LogP contribution in [-0.4, -0.2) is 29.1 Å². The van der Waals surface area contributed by atoms with Crippen LogP contribution in [0.2, 0.25) is 0 Å². The lowest BCUT2D eigenvalue weighted by Gasteiger charge is -2.54. The molecule has 2 saturated carbocycles. The molecule has 0 spiro atoms. The van der Waals surface area contributed by atoms with E-state index in [9.17, 15) is 19.5 Å². The summed E-state index contributed by atoms with van der Waals surface area (Å²) in [6.45, 7) is 3.78. The Bertz CT molecular complexity index is 717.